The summed E-state index contributed by atoms with van der Waals surface area (Å²) < 4.78 is 1.84. The monoisotopic (exact) mass is 408 g/mol. The molecule has 0 bridgehead atoms. The number of aromatic nitrogens is 3. The van der Waals surface area contributed by atoms with E-state index in [0.717, 1.165) is 28.7 Å². The van der Waals surface area contributed by atoms with Crippen molar-refractivity contribution < 1.29 is 9.59 Å². The summed E-state index contributed by atoms with van der Waals surface area (Å²) in [6.45, 7) is 8.29. The number of fused-ring (bicyclic) bond motifs is 1. The van der Waals surface area contributed by atoms with Crippen molar-refractivity contribution in [1.29, 1.82) is 0 Å². The molecule has 0 saturated carbocycles. The number of rotatable bonds is 7. The van der Waals surface area contributed by atoms with E-state index in [4.69, 9.17) is 0 Å². The van der Waals surface area contributed by atoms with Gasteiger partial charge in [0.15, 0.2) is 5.65 Å². The number of hydrogen-bond donors (Lipinski definition) is 3. The molecule has 158 valence electrons. The molecule has 0 radical (unpaired) electrons. The maximum absolute atomic E-state index is 12.3. The lowest BCUT2D eigenvalue weighted by Crippen LogP contribution is -2.28. The Morgan fingerprint density at radius 3 is 2.60 bits per heavy atom. The van der Waals surface area contributed by atoms with E-state index in [1.54, 1.807) is 12.4 Å². The Hall–Kier alpha value is -3.42. The summed E-state index contributed by atoms with van der Waals surface area (Å²) in [6, 6.07) is 9.16. The van der Waals surface area contributed by atoms with Gasteiger partial charge in [-0.3, -0.25) is 4.79 Å². The first-order chi connectivity index (χ1) is 14.4. The van der Waals surface area contributed by atoms with Gasteiger partial charge in [-0.2, -0.15) is 5.10 Å². The molecule has 3 aromatic rings. The number of carbonyl (C=O) groups excluding carboxylic acids is 2. The molecule has 0 fully saturated rings. The van der Waals surface area contributed by atoms with Crippen LogP contribution in [0.1, 0.15) is 45.7 Å². The van der Waals surface area contributed by atoms with Crippen molar-refractivity contribution in [2.75, 3.05) is 10.6 Å². The molecule has 1 unspecified atom stereocenters. The molecule has 0 aliphatic carbocycles. The highest BCUT2D eigenvalue weighted by Crippen LogP contribution is 2.19. The minimum Gasteiger partial charge on any atom is -0.334 e. The van der Waals surface area contributed by atoms with Crippen LogP contribution in [0.4, 0.5) is 16.2 Å². The number of carbonyl (C=O) groups is 2. The predicted molar refractivity (Wildman–Crippen MR) is 118 cm³/mol. The molecule has 1 atom stereocenters. The van der Waals surface area contributed by atoms with Crippen LogP contribution in [0, 0.1) is 5.92 Å². The fraction of sp³-hybridized carbons (Fsp3) is 0.364. The second-order valence-corrected chi connectivity index (χ2v) is 7.63. The summed E-state index contributed by atoms with van der Waals surface area (Å²) in [5, 5.41) is 13.7. The highest BCUT2D eigenvalue weighted by molar-refractivity contribution is 5.93. The normalized spacial score (nSPS) is 12.0. The van der Waals surface area contributed by atoms with E-state index in [1.807, 2.05) is 62.7 Å². The number of nitrogens with one attached hydrogen (secondary N) is 3. The van der Waals surface area contributed by atoms with Crippen molar-refractivity contribution in [3.05, 3.63) is 48.3 Å². The van der Waals surface area contributed by atoms with Gasteiger partial charge in [0.2, 0.25) is 5.91 Å². The molecule has 0 aliphatic rings. The first kappa shape index (κ1) is 21.3. The molecule has 3 amide bonds. The zero-order valence-electron chi connectivity index (χ0n) is 17.8. The van der Waals surface area contributed by atoms with Crippen LogP contribution in [0.25, 0.3) is 11.0 Å². The molecule has 0 aliphatic heterocycles. The maximum Gasteiger partial charge on any atom is 0.319 e. The third-order valence-corrected chi connectivity index (χ3v) is 4.89. The van der Waals surface area contributed by atoms with E-state index in [0.29, 0.717) is 12.2 Å². The van der Waals surface area contributed by atoms with Crippen LogP contribution in [0.2, 0.25) is 0 Å². The number of benzene rings is 1. The number of pyridine rings is 1. The average Bonchev–Trinajstić information content (AvgIpc) is 3.15. The summed E-state index contributed by atoms with van der Waals surface area (Å²) in [6.07, 6.45) is 4.14. The van der Waals surface area contributed by atoms with Gasteiger partial charge in [0.1, 0.15) is 0 Å². The molecule has 8 heteroatoms. The van der Waals surface area contributed by atoms with Crippen LogP contribution >= 0.6 is 0 Å². The van der Waals surface area contributed by atoms with Crippen LogP contribution in [0.15, 0.2) is 42.7 Å². The van der Waals surface area contributed by atoms with Crippen molar-refractivity contribution in [1.82, 2.24) is 20.1 Å². The Labute approximate surface area is 176 Å². The fourth-order valence-corrected chi connectivity index (χ4v) is 2.95. The van der Waals surface area contributed by atoms with Crippen molar-refractivity contribution in [2.45, 2.75) is 46.7 Å². The molecule has 0 spiro atoms. The molecule has 30 heavy (non-hydrogen) atoms. The first-order valence-corrected chi connectivity index (χ1v) is 10.1. The highest BCUT2D eigenvalue weighted by Gasteiger charge is 2.11. The predicted octanol–water partition coefficient (Wildman–Crippen LogP) is 4.32. The Morgan fingerprint density at radius 1 is 1.07 bits per heavy atom. The van der Waals surface area contributed by atoms with Gasteiger partial charge in [0.05, 0.1) is 18.1 Å². The number of nitrogens with zero attached hydrogens (tertiary/aromatic N) is 3. The van der Waals surface area contributed by atoms with Gasteiger partial charge in [-0.05, 0) is 44.0 Å². The lowest BCUT2D eigenvalue weighted by molar-refractivity contribution is -0.119. The number of anilines is 2. The van der Waals surface area contributed by atoms with Crippen molar-refractivity contribution in [3.63, 3.8) is 0 Å². The molecular weight excluding hydrogens is 380 g/mol. The Morgan fingerprint density at radius 2 is 1.87 bits per heavy atom. The largest absolute Gasteiger partial charge is 0.334 e. The van der Waals surface area contributed by atoms with E-state index in [-0.39, 0.29) is 23.9 Å². The molecule has 8 nitrogen and oxygen atoms in total. The summed E-state index contributed by atoms with van der Waals surface area (Å²) in [4.78, 5) is 28.8. The zero-order valence-corrected chi connectivity index (χ0v) is 17.8. The van der Waals surface area contributed by atoms with Crippen molar-refractivity contribution in [3.8, 4) is 0 Å². The lowest BCUT2D eigenvalue weighted by atomic mass is 10.1. The van der Waals surface area contributed by atoms with Crippen LogP contribution in [0.3, 0.4) is 0 Å². The second-order valence-electron chi connectivity index (χ2n) is 7.63. The van der Waals surface area contributed by atoms with Gasteiger partial charge < -0.3 is 16.0 Å². The molecule has 3 N–H and O–H groups in total. The maximum atomic E-state index is 12.3. The minimum absolute atomic E-state index is 0.0102. The SMILES string of the molecule is CCC(C)C(=O)Nc1cccc(CNC(=O)Nc2cnc3c(cnn3C(C)C)c2)c1. The van der Waals surface area contributed by atoms with Gasteiger partial charge in [0.25, 0.3) is 0 Å². The summed E-state index contributed by atoms with van der Waals surface area (Å²) in [5.41, 5.74) is 2.99. The molecule has 2 aromatic heterocycles. The van der Waals surface area contributed by atoms with E-state index < -0.39 is 0 Å². The van der Waals surface area contributed by atoms with E-state index in [9.17, 15) is 9.59 Å². The van der Waals surface area contributed by atoms with E-state index >= 15 is 0 Å². The number of amides is 3. The second kappa shape index (κ2) is 9.39. The molecule has 2 heterocycles. The fourth-order valence-electron chi connectivity index (χ4n) is 2.95. The zero-order chi connectivity index (χ0) is 21.7. The minimum atomic E-state index is -0.332. The highest BCUT2D eigenvalue weighted by atomic mass is 16.2. The number of urea groups is 1. The number of hydrogen-bond acceptors (Lipinski definition) is 4. The quantitative estimate of drug-likeness (QED) is 0.542. The van der Waals surface area contributed by atoms with E-state index in [1.165, 1.54) is 0 Å². The third kappa shape index (κ3) is 5.14. The van der Waals surface area contributed by atoms with Crippen LogP contribution in [-0.2, 0) is 11.3 Å². The van der Waals surface area contributed by atoms with Gasteiger partial charge in [-0.1, -0.05) is 26.0 Å². The van der Waals surface area contributed by atoms with Crippen LogP contribution in [-0.4, -0.2) is 26.7 Å². The first-order valence-electron chi connectivity index (χ1n) is 10.1. The van der Waals surface area contributed by atoms with Crippen molar-refractivity contribution >= 4 is 34.3 Å². The summed E-state index contributed by atoms with van der Waals surface area (Å²) >= 11 is 0. The molecule has 3 rings (SSSR count). The average molecular weight is 409 g/mol. The van der Waals surface area contributed by atoms with Gasteiger partial charge in [0, 0.05) is 29.6 Å². The Kier molecular flexibility index (Phi) is 6.66. The lowest BCUT2D eigenvalue weighted by Gasteiger charge is -2.12. The molecule has 0 saturated heterocycles. The summed E-state index contributed by atoms with van der Waals surface area (Å²) in [7, 11) is 0. The Bertz CT molecular complexity index is 1040. The van der Waals surface area contributed by atoms with Crippen LogP contribution < -0.4 is 16.0 Å². The van der Waals surface area contributed by atoms with Gasteiger partial charge >= 0.3 is 6.03 Å². The Balaban J connectivity index is 1.57. The van der Waals surface area contributed by atoms with Crippen LogP contribution in [0.5, 0.6) is 0 Å². The molecular formula is C22H28N6O2. The third-order valence-electron chi connectivity index (χ3n) is 4.89. The van der Waals surface area contributed by atoms with Gasteiger partial charge in [-0.25, -0.2) is 14.5 Å². The molecule has 1 aromatic carbocycles. The van der Waals surface area contributed by atoms with Crippen molar-refractivity contribution in [2.24, 2.45) is 5.92 Å². The van der Waals surface area contributed by atoms with Gasteiger partial charge in [-0.15, -0.1) is 0 Å². The smallest absolute Gasteiger partial charge is 0.319 e. The standard InChI is InChI=1S/C22H28N6O2/c1-5-15(4)21(29)26-18-8-6-7-16(9-18)11-24-22(30)27-19-10-17-12-25-28(14(2)3)20(17)23-13-19/h6-10,12-15H,5,11H2,1-4H3,(H,26,29)(H2,24,27,30). The topological polar surface area (TPSA) is 101 Å². The van der Waals surface area contributed by atoms with E-state index in [2.05, 4.69) is 26.0 Å². The summed E-state index contributed by atoms with van der Waals surface area (Å²) in [5.74, 6) is -0.0554.